The number of aromatic nitrogens is 2. The van der Waals surface area contributed by atoms with Crippen molar-refractivity contribution >= 4 is 96.7 Å². The van der Waals surface area contributed by atoms with E-state index < -0.39 is 54.8 Å². The van der Waals surface area contributed by atoms with Crippen LogP contribution in [0, 0.1) is 36.3 Å². The molecule has 0 amide bonds. The Morgan fingerprint density at radius 1 is 0.316 bits per heavy atom. The fourth-order valence-corrected chi connectivity index (χ4v) is 52.9. The zero-order valence-corrected chi connectivity index (χ0v) is 83.4. The molecule has 0 fully saturated rings. The molecule has 2 heterocycles. The Morgan fingerprint density at radius 3 is 0.761 bits per heavy atom. The van der Waals surface area contributed by atoms with Gasteiger partial charge in [0.15, 0.2) is 0 Å². The molecule has 0 aliphatic carbocycles. The molecule has 0 aliphatic rings. The summed E-state index contributed by atoms with van der Waals surface area (Å²) in [7, 11) is -8.96. The molecule has 10 aromatic rings. The topological polar surface area (TPSA) is 68.8 Å². The van der Waals surface area contributed by atoms with Crippen LogP contribution in [0.2, 0.25) is 66.5 Å². The lowest BCUT2D eigenvalue weighted by atomic mass is 9.71. The number of nitrogens with zero attached hydrogens (tertiary/aromatic N) is 2. The van der Waals surface area contributed by atoms with E-state index in [2.05, 4.69) is 342 Å². The molecule has 0 unspecified atom stereocenters. The second-order valence-electron chi connectivity index (χ2n) is 43.5. The Balaban J connectivity index is 1.15. The molecule has 117 heavy (non-hydrogen) atoms. The van der Waals surface area contributed by atoms with Crippen molar-refractivity contribution in [1.82, 2.24) is 9.13 Å². The molecule has 0 aliphatic heterocycles. The Bertz CT molecular complexity index is 4680. The Hall–Kier alpha value is -6.71. The third-order valence-electron chi connectivity index (χ3n) is 29.0. The van der Waals surface area contributed by atoms with Crippen molar-refractivity contribution in [3.05, 3.63) is 155 Å². The summed E-state index contributed by atoms with van der Waals surface area (Å²) < 4.78 is 52.6. The lowest BCUT2D eigenvalue weighted by molar-refractivity contribution is 0.246. The van der Waals surface area contributed by atoms with E-state index in [1.807, 2.05) is 13.8 Å². The van der Waals surface area contributed by atoms with Gasteiger partial charge >= 0.3 is 0 Å². The summed E-state index contributed by atoms with van der Waals surface area (Å²) in [4.78, 5) is 0. The number of aromatic hydroxyl groups is 2. The van der Waals surface area contributed by atoms with Crippen LogP contribution in [0.15, 0.2) is 121 Å². The van der Waals surface area contributed by atoms with E-state index in [4.69, 9.17) is 9.47 Å². The van der Waals surface area contributed by atoms with Gasteiger partial charge in [0.1, 0.15) is 34.6 Å². The summed E-state index contributed by atoms with van der Waals surface area (Å²) in [5.41, 5.74) is 15.3. The average Bonchev–Trinajstić information content (AvgIpc) is 1.57. The summed E-state index contributed by atoms with van der Waals surface area (Å²) in [6.07, 6.45) is 2.06. The first-order chi connectivity index (χ1) is 54.1. The average molecular weight is 1660 g/mol. The van der Waals surface area contributed by atoms with Crippen molar-refractivity contribution in [2.75, 3.05) is 13.2 Å². The monoisotopic (exact) mass is 1660 g/mol. The van der Waals surface area contributed by atoms with Crippen molar-refractivity contribution in [2.45, 2.75) is 346 Å². The fourth-order valence-electron chi connectivity index (χ4n) is 25.9. The van der Waals surface area contributed by atoms with Gasteiger partial charge in [-0.3, -0.25) is 0 Å². The third kappa shape index (κ3) is 16.4. The number of rotatable bonds is 30. The maximum Gasteiger partial charge on any atom is 0.147 e. The molecule has 2 N–H and O–H groups in total. The number of phenols is 2. The molecule has 2 aromatic heterocycles. The Labute approximate surface area is 711 Å². The first-order valence-corrected chi connectivity index (χ1v) is 53.9. The van der Waals surface area contributed by atoms with Crippen LogP contribution in [0.3, 0.4) is 0 Å². The fraction of sp³-hybridized carbons (Fsp3) is 0.543. The lowest BCUT2D eigenvalue weighted by Gasteiger charge is -2.43. The number of hydrogen-bond donors (Lipinski definition) is 2. The molecule has 0 saturated heterocycles. The molecule has 6 nitrogen and oxygen atoms in total. The predicted octanol–water partition coefficient (Wildman–Crippen LogP) is 30.3. The second-order valence-corrected chi connectivity index (χ2v) is 67.1. The molecular formula is C105H152F2N2O4Si4. The van der Waals surface area contributed by atoms with Gasteiger partial charge in [-0.2, -0.15) is 0 Å². The van der Waals surface area contributed by atoms with Crippen LogP contribution in [-0.4, -0.2) is 64.9 Å². The number of benzene rings is 8. The van der Waals surface area contributed by atoms with Crippen LogP contribution in [0.5, 0.6) is 23.0 Å². The highest BCUT2D eigenvalue weighted by molar-refractivity contribution is 6.97. The van der Waals surface area contributed by atoms with Crippen molar-refractivity contribution < 1.29 is 28.5 Å². The van der Waals surface area contributed by atoms with Crippen LogP contribution in [0.4, 0.5) is 8.78 Å². The van der Waals surface area contributed by atoms with Crippen LogP contribution in [0.1, 0.15) is 277 Å². The predicted molar refractivity (Wildman–Crippen MR) is 518 cm³/mol. The Kier molecular flexibility index (Phi) is 26.9. The number of phenolic OH excluding ortho intramolecular Hbond substituents is 2. The molecule has 8 aromatic carbocycles. The van der Waals surface area contributed by atoms with Crippen molar-refractivity contribution in [3.8, 4) is 56.6 Å². The SMILES string of the molecule is Cc1cc(F)cc(-c2cc(C(C)(C)CC(C)(C)C)cc(-n3c4cc([Si](C(C)C)(C(C)C)C(C)C)ccc4c4ccc([Si](C(C)C)(C(C)C)C(C)C)cc43)c2O)c1OCCCOc1c(C)cc(F)cc1-c1cc(C(C)(C)CC(C)(C)C)cc(-n2c3cc([Si](C(C)C)(C(C)C)C(C)C)ccc3c3ccc([Si](C(C)C)(C(C)C)C(C)C)cc32)c1O. The van der Waals surface area contributed by atoms with E-state index in [1.54, 1.807) is 12.1 Å². The summed E-state index contributed by atoms with van der Waals surface area (Å²) in [5.74, 6) is 0.211. The van der Waals surface area contributed by atoms with Crippen LogP contribution >= 0.6 is 0 Å². The molecule has 0 saturated carbocycles. The van der Waals surface area contributed by atoms with Crippen LogP contribution in [0.25, 0.3) is 77.2 Å². The molecule has 636 valence electrons. The van der Waals surface area contributed by atoms with Gasteiger partial charge in [-0.05, 0) is 210 Å². The minimum Gasteiger partial charge on any atom is -0.505 e. The molecule has 10 rings (SSSR count). The lowest BCUT2D eigenvalue weighted by Crippen LogP contribution is -2.55. The van der Waals surface area contributed by atoms with Gasteiger partial charge in [-0.25, -0.2) is 8.78 Å². The summed E-state index contributed by atoms with van der Waals surface area (Å²) in [5, 5.41) is 38.0. The number of fused-ring (bicyclic) bond motifs is 6. The third-order valence-corrected chi connectivity index (χ3v) is 57.2. The van der Waals surface area contributed by atoms with Crippen molar-refractivity contribution in [3.63, 3.8) is 0 Å². The quantitative estimate of drug-likeness (QED) is 0.0348. The maximum absolute atomic E-state index is 16.9. The molecule has 12 heteroatoms. The highest BCUT2D eigenvalue weighted by atomic mass is 28.3. The highest BCUT2D eigenvalue weighted by Gasteiger charge is 2.49. The normalized spacial score (nSPS) is 13.7. The van der Waals surface area contributed by atoms with E-state index in [0.717, 1.165) is 67.6 Å². The zero-order chi connectivity index (χ0) is 87.3. The number of halogens is 2. The van der Waals surface area contributed by atoms with Gasteiger partial charge in [0.05, 0.1) is 79.0 Å². The molecule has 0 spiro atoms. The van der Waals surface area contributed by atoms with Gasteiger partial charge in [0.25, 0.3) is 0 Å². The number of aryl methyl sites for hydroxylation is 2. The highest BCUT2D eigenvalue weighted by Crippen LogP contribution is 2.54. The number of ether oxygens (including phenoxy) is 2. The van der Waals surface area contributed by atoms with E-state index in [1.165, 1.54) is 32.9 Å². The van der Waals surface area contributed by atoms with E-state index in [0.29, 0.717) is 129 Å². The largest absolute Gasteiger partial charge is 0.505 e. The van der Waals surface area contributed by atoms with Gasteiger partial charge in [-0.15, -0.1) is 0 Å². The summed E-state index contributed by atoms with van der Waals surface area (Å²) >= 11 is 0. The van der Waals surface area contributed by atoms with Crippen LogP contribution < -0.4 is 30.2 Å². The van der Waals surface area contributed by atoms with Crippen molar-refractivity contribution in [2.24, 2.45) is 10.8 Å². The molecular weight excluding hydrogens is 1500 g/mol. The van der Waals surface area contributed by atoms with E-state index in [-0.39, 0.29) is 35.5 Å². The zero-order valence-electron chi connectivity index (χ0n) is 79.4. The van der Waals surface area contributed by atoms with Gasteiger partial charge in [-0.1, -0.05) is 305 Å². The first-order valence-electron chi connectivity index (χ1n) is 45.0. The van der Waals surface area contributed by atoms with Crippen LogP contribution in [-0.2, 0) is 10.8 Å². The van der Waals surface area contributed by atoms with Gasteiger partial charge in [0.2, 0.25) is 0 Å². The maximum atomic E-state index is 16.9. The summed E-state index contributed by atoms with van der Waals surface area (Å²) in [6.45, 7) is 85.5. The van der Waals surface area contributed by atoms with E-state index >= 15 is 8.78 Å². The molecule has 0 atom stereocenters. The minimum absolute atomic E-state index is 0.0571. The van der Waals surface area contributed by atoms with Gasteiger partial charge in [0, 0.05) is 50.2 Å². The molecule has 0 bridgehead atoms. The summed E-state index contributed by atoms with van der Waals surface area (Å²) in [6, 6.07) is 44.1. The Morgan fingerprint density at radius 2 is 0.547 bits per heavy atom. The number of hydrogen-bond acceptors (Lipinski definition) is 4. The second kappa shape index (κ2) is 33.9. The van der Waals surface area contributed by atoms with Crippen molar-refractivity contribution in [1.29, 1.82) is 0 Å². The van der Waals surface area contributed by atoms with Gasteiger partial charge < -0.3 is 28.8 Å². The molecule has 0 radical (unpaired) electrons. The standard InChI is InChI=1S/C105H152F2N2O4Si4/c1-62(2)114(63(3)4,64(5)6)80-38-42-84-85-43-39-81(115(65(7)8,66(9)10)67(11)12)57-93(85)108(92(84)56-80)96-52-76(104(33,34)60-102(27,28)29)50-88(98(96)110)90-54-78(106)48-74(25)100(90)112-46-37-47-113-101-75(26)49-79(107)55-91(101)89-51-77(105(35,36)61-103(30,31)32)53-97(99(89)111)109-94-58-82(116(68(13)14,69(15)16)70(17)18)40-44-86(94)87-45-41-83(59-95(87)109)117(71(19)20,72(21)22)73(23)24/h38-45,48-59,62-73,110-111H,37,46-47,60-61H2,1-36H3. The van der Waals surface area contributed by atoms with E-state index in [9.17, 15) is 10.2 Å². The minimum atomic E-state index is -2.24. The first kappa shape index (κ1) is 92.6. The smallest absolute Gasteiger partial charge is 0.147 e.